The zero-order chi connectivity index (χ0) is 18.9. The number of carbonyl (C=O) groups is 2. The van der Waals surface area contributed by atoms with Crippen molar-refractivity contribution in [2.45, 2.75) is 19.8 Å². The van der Waals surface area contributed by atoms with Crippen LogP contribution in [0.3, 0.4) is 0 Å². The number of carboxylic acid groups (broad SMARTS) is 1. The summed E-state index contributed by atoms with van der Waals surface area (Å²) in [5.74, 6) is 4.57. The molecule has 0 bridgehead atoms. The van der Waals surface area contributed by atoms with Gasteiger partial charge in [-0.05, 0) is 48.4 Å². The molecule has 6 nitrogen and oxygen atoms in total. The number of amides is 1. The molecule has 6 heteroatoms. The highest BCUT2D eigenvalue weighted by atomic mass is 16.4. The number of phenols is 1. The molecule has 0 heterocycles. The number of carboxylic acids is 1. The molecule has 0 unspecified atom stereocenters. The Morgan fingerprint density at radius 2 is 2.04 bits per heavy atom. The molecule has 2 aromatic rings. The normalized spacial score (nSPS) is 10.2. The number of phenolic OH excluding ortho intramolecular Hbond substituents is 1. The van der Waals surface area contributed by atoms with Gasteiger partial charge in [0.25, 0.3) is 5.91 Å². The minimum atomic E-state index is -0.875. The molecule has 0 spiro atoms. The van der Waals surface area contributed by atoms with Gasteiger partial charge in [0.1, 0.15) is 5.75 Å². The Bertz CT molecular complexity index is 908. The van der Waals surface area contributed by atoms with Crippen LogP contribution < -0.4 is 5.43 Å². The first-order valence-electron chi connectivity index (χ1n) is 7.89. The molecule has 3 N–H and O–H groups in total. The minimum absolute atomic E-state index is 0.0108. The van der Waals surface area contributed by atoms with Crippen molar-refractivity contribution in [3.63, 3.8) is 0 Å². The molecule has 0 aromatic heterocycles. The van der Waals surface area contributed by atoms with Crippen LogP contribution in [0.5, 0.6) is 5.75 Å². The van der Waals surface area contributed by atoms with Crippen molar-refractivity contribution in [3.8, 4) is 17.6 Å². The number of rotatable bonds is 5. The summed E-state index contributed by atoms with van der Waals surface area (Å²) in [6, 6.07) is 11.8. The summed E-state index contributed by atoms with van der Waals surface area (Å²) in [6.07, 6.45) is 1.79. The van der Waals surface area contributed by atoms with E-state index in [0.717, 1.165) is 11.1 Å². The monoisotopic (exact) mass is 350 g/mol. The van der Waals surface area contributed by atoms with Crippen LogP contribution >= 0.6 is 0 Å². The predicted octanol–water partition coefficient (Wildman–Crippen LogP) is 2.68. The average Bonchev–Trinajstić information content (AvgIpc) is 2.61. The fourth-order valence-corrected chi connectivity index (χ4v) is 2.06. The Morgan fingerprint density at radius 3 is 2.77 bits per heavy atom. The highest BCUT2D eigenvalue weighted by Gasteiger charge is 2.06. The highest BCUT2D eigenvalue weighted by molar-refractivity contribution is 5.95. The van der Waals surface area contributed by atoms with Gasteiger partial charge in [0, 0.05) is 17.5 Å². The Morgan fingerprint density at radius 1 is 1.23 bits per heavy atom. The first-order chi connectivity index (χ1) is 12.5. The smallest absolute Gasteiger partial charge is 0.304 e. The van der Waals surface area contributed by atoms with Gasteiger partial charge in [-0.1, -0.05) is 24.0 Å². The molecule has 2 aromatic carbocycles. The third-order valence-corrected chi connectivity index (χ3v) is 3.42. The fourth-order valence-electron chi connectivity index (χ4n) is 2.06. The maximum Gasteiger partial charge on any atom is 0.304 e. The SMILES string of the molecule is Cc1cc(C(=O)N/N=C/c2cccc(C#CCCC(=O)O)c2)ccc1O. The number of aromatic hydroxyl groups is 1. The second-order valence-electron chi connectivity index (χ2n) is 5.52. The molecule has 0 saturated carbocycles. The summed E-state index contributed by atoms with van der Waals surface area (Å²) in [5.41, 5.74) is 4.92. The molecular formula is C20H18N2O4. The maximum atomic E-state index is 12.0. The topological polar surface area (TPSA) is 99.0 Å². The molecule has 0 saturated heterocycles. The minimum Gasteiger partial charge on any atom is -0.508 e. The van der Waals surface area contributed by atoms with E-state index in [0.29, 0.717) is 11.1 Å². The second kappa shape index (κ2) is 9.04. The van der Waals surface area contributed by atoms with Crippen LogP contribution in [0.4, 0.5) is 0 Å². The second-order valence-corrected chi connectivity index (χ2v) is 5.52. The van der Waals surface area contributed by atoms with Crippen molar-refractivity contribution in [2.75, 3.05) is 0 Å². The van der Waals surface area contributed by atoms with Crippen LogP contribution in [0.25, 0.3) is 0 Å². The number of aryl methyl sites for hydroxylation is 1. The molecule has 0 aliphatic heterocycles. The number of nitrogens with one attached hydrogen (secondary N) is 1. The van der Waals surface area contributed by atoms with E-state index < -0.39 is 5.97 Å². The standard InChI is InChI=1S/C20H18N2O4/c1-14-11-17(9-10-18(14)23)20(26)22-21-13-16-7-4-6-15(12-16)5-2-3-8-19(24)25/h4,6-7,9-13,23H,3,8H2,1H3,(H,22,26)(H,24,25)/b21-13+. The van der Waals surface area contributed by atoms with Crippen molar-refractivity contribution in [1.29, 1.82) is 0 Å². The van der Waals surface area contributed by atoms with E-state index in [4.69, 9.17) is 5.11 Å². The largest absolute Gasteiger partial charge is 0.508 e. The number of benzene rings is 2. The summed E-state index contributed by atoms with van der Waals surface area (Å²) < 4.78 is 0. The van der Waals surface area contributed by atoms with Gasteiger partial charge in [0.05, 0.1) is 12.6 Å². The lowest BCUT2D eigenvalue weighted by atomic mass is 10.1. The molecule has 0 radical (unpaired) electrons. The van der Waals surface area contributed by atoms with Gasteiger partial charge < -0.3 is 10.2 Å². The van der Waals surface area contributed by atoms with Gasteiger partial charge in [-0.15, -0.1) is 0 Å². The molecular weight excluding hydrogens is 332 g/mol. The molecule has 2 rings (SSSR count). The van der Waals surface area contributed by atoms with Gasteiger partial charge in [0.15, 0.2) is 0 Å². The quantitative estimate of drug-likeness (QED) is 0.438. The van der Waals surface area contributed by atoms with Crippen molar-refractivity contribution >= 4 is 18.1 Å². The molecule has 0 aliphatic rings. The number of hydrogen-bond donors (Lipinski definition) is 3. The first-order valence-corrected chi connectivity index (χ1v) is 7.89. The Balaban J connectivity index is 1.97. The van der Waals surface area contributed by atoms with E-state index in [9.17, 15) is 14.7 Å². The number of carbonyl (C=O) groups excluding carboxylic acids is 1. The van der Waals surface area contributed by atoms with Crippen molar-refractivity contribution in [2.24, 2.45) is 5.10 Å². The van der Waals surface area contributed by atoms with Crippen LogP contribution in [0.2, 0.25) is 0 Å². The van der Waals surface area contributed by atoms with E-state index in [2.05, 4.69) is 22.4 Å². The average molecular weight is 350 g/mol. The number of hydrogen-bond acceptors (Lipinski definition) is 4. The van der Waals surface area contributed by atoms with Crippen LogP contribution in [0, 0.1) is 18.8 Å². The van der Waals surface area contributed by atoms with Crippen LogP contribution in [0.15, 0.2) is 47.6 Å². The molecule has 0 atom stereocenters. The lowest BCUT2D eigenvalue weighted by Crippen LogP contribution is -2.17. The third kappa shape index (κ3) is 5.80. The highest BCUT2D eigenvalue weighted by Crippen LogP contribution is 2.16. The lowest BCUT2D eigenvalue weighted by molar-refractivity contribution is -0.136. The molecule has 132 valence electrons. The number of hydrazone groups is 1. The van der Waals surface area contributed by atoms with E-state index in [1.165, 1.54) is 18.3 Å². The molecule has 1 amide bonds. The zero-order valence-corrected chi connectivity index (χ0v) is 14.2. The molecule has 0 aliphatic carbocycles. The molecule has 0 fully saturated rings. The number of aliphatic carboxylic acids is 1. The van der Waals surface area contributed by atoms with Gasteiger partial charge in [-0.25, -0.2) is 5.43 Å². The summed E-state index contributed by atoms with van der Waals surface area (Å²) in [5, 5.41) is 22.0. The first kappa shape index (κ1) is 18.7. The van der Waals surface area contributed by atoms with E-state index >= 15 is 0 Å². The van der Waals surface area contributed by atoms with Gasteiger partial charge >= 0.3 is 5.97 Å². The fraction of sp³-hybridized carbons (Fsp3) is 0.150. The van der Waals surface area contributed by atoms with E-state index in [1.54, 1.807) is 25.1 Å². The zero-order valence-electron chi connectivity index (χ0n) is 14.2. The predicted molar refractivity (Wildman–Crippen MR) is 98.1 cm³/mol. The Hall–Kier alpha value is -3.59. The van der Waals surface area contributed by atoms with E-state index in [1.807, 2.05) is 12.1 Å². The van der Waals surface area contributed by atoms with Crippen LogP contribution in [-0.2, 0) is 4.79 Å². The number of nitrogens with zero attached hydrogens (tertiary/aromatic N) is 1. The van der Waals surface area contributed by atoms with Gasteiger partial charge in [-0.3, -0.25) is 9.59 Å². The molecule has 26 heavy (non-hydrogen) atoms. The van der Waals surface area contributed by atoms with E-state index in [-0.39, 0.29) is 24.5 Å². The summed E-state index contributed by atoms with van der Waals surface area (Å²) in [6.45, 7) is 1.71. The maximum absolute atomic E-state index is 12.0. The Labute approximate surface area is 151 Å². The van der Waals surface area contributed by atoms with Crippen molar-refractivity contribution in [3.05, 3.63) is 64.7 Å². The summed E-state index contributed by atoms with van der Waals surface area (Å²) in [7, 11) is 0. The van der Waals surface area contributed by atoms with Gasteiger partial charge in [-0.2, -0.15) is 5.10 Å². The van der Waals surface area contributed by atoms with Crippen molar-refractivity contribution < 1.29 is 19.8 Å². The summed E-state index contributed by atoms with van der Waals surface area (Å²) in [4.78, 5) is 22.5. The summed E-state index contributed by atoms with van der Waals surface area (Å²) >= 11 is 0. The third-order valence-electron chi connectivity index (χ3n) is 3.42. The van der Waals surface area contributed by atoms with Crippen molar-refractivity contribution in [1.82, 2.24) is 5.43 Å². The lowest BCUT2D eigenvalue weighted by Gasteiger charge is -2.03. The Kier molecular flexibility index (Phi) is 6.52. The van der Waals surface area contributed by atoms with Crippen LogP contribution in [-0.4, -0.2) is 28.3 Å². The van der Waals surface area contributed by atoms with Crippen LogP contribution in [0.1, 0.15) is 39.9 Å². The van der Waals surface area contributed by atoms with Gasteiger partial charge in [0.2, 0.25) is 0 Å².